The van der Waals surface area contributed by atoms with E-state index < -0.39 is 23.1 Å². The number of aliphatic hydroxyl groups excluding tert-OH is 1. The fourth-order valence-electron chi connectivity index (χ4n) is 3.75. The van der Waals surface area contributed by atoms with Crippen LogP contribution in [0.2, 0.25) is 0 Å². The van der Waals surface area contributed by atoms with Crippen molar-refractivity contribution in [3.8, 4) is 0 Å². The van der Waals surface area contributed by atoms with Crippen LogP contribution in [0.15, 0.2) is 76.2 Å². The SMILES string of the molecule is CC.OC1=CC12C(c1ccsc1)C(c1ccc(F)cc1)=NN2c1ccc(F)cc1F. The Labute approximate surface area is 176 Å². The van der Waals surface area contributed by atoms with Crippen LogP contribution in [0.5, 0.6) is 0 Å². The fourth-order valence-corrected chi connectivity index (χ4v) is 4.44. The van der Waals surface area contributed by atoms with Crippen LogP contribution in [0.3, 0.4) is 0 Å². The number of anilines is 1. The van der Waals surface area contributed by atoms with Crippen LogP contribution in [0, 0.1) is 17.5 Å². The van der Waals surface area contributed by atoms with Crippen molar-refractivity contribution >= 4 is 22.7 Å². The van der Waals surface area contributed by atoms with Crippen molar-refractivity contribution in [1.29, 1.82) is 0 Å². The second kappa shape index (κ2) is 7.65. The zero-order valence-electron chi connectivity index (χ0n) is 16.3. The lowest BCUT2D eigenvalue weighted by atomic mass is 9.83. The molecule has 154 valence electrons. The molecule has 1 N–H and O–H groups in total. The van der Waals surface area contributed by atoms with E-state index in [0.717, 1.165) is 17.7 Å². The second-order valence-electron chi connectivity index (χ2n) is 6.74. The number of halogens is 3. The van der Waals surface area contributed by atoms with Gasteiger partial charge in [-0.2, -0.15) is 16.4 Å². The van der Waals surface area contributed by atoms with Crippen molar-refractivity contribution < 1.29 is 18.3 Å². The number of aliphatic hydroxyl groups is 1. The Morgan fingerprint density at radius 3 is 2.23 bits per heavy atom. The van der Waals surface area contributed by atoms with Gasteiger partial charge in [0.1, 0.15) is 17.4 Å². The molecule has 1 aliphatic carbocycles. The van der Waals surface area contributed by atoms with Gasteiger partial charge in [-0.15, -0.1) is 0 Å². The number of rotatable bonds is 3. The smallest absolute Gasteiger partial charge is 0.154 e. The summed E-state index contributed by atoms with van der Waals surface area (Å²) in [6.07, 6.45) is 1.61. The molecule has 2 atom stereocenters. The molecule has 30 heavy (non-hydrogen) atoms. The van der Waals surface area contributed by atoms with Gasteiger partial charge < -0.3 is 5.11 Å². The van der Waals surface area contributed by atoms with E-state index in [9.17, 15) is 18.3 Å². The van der Waals surface area contributed by atoms with Gasteiger partial charge in [0, 0.05) is 6.07 Å². The molecule has 3 aromatic rings. The van der Waals surface area contributed by atoms with Crippen LogP contribution in [-0.4, -0.2) is 16.4 Å². The highest BCUT2D eigenvalue weighted by molar-refractivity contribution is 7.08. The third-order valence-corrected chi connectivity index (χ3v) is 5.81. The van der Waals surface area contributed by atoms with Crippen LogP contribution in [0.1, 0.15) is 30.9 Å². The minimum atomic E-state index is -1.05. The van der Waals surface area contributed by atoms with Crippen molar-refractivity contribution in [2.75, 3.05) is 5.01 Å². The van der Waals surface area contributed by atoms with Crippen LogP contribution >= 0.6 is 11.3 Å². The van der Waals surface area contributed by atoms with Gasteiger partial charge in [0.25, 0.3) is 0 Å². The van der Waals surface area contributed by atoms with E-state index in [4.69, 9.17) is 0 Å². The van der Waals surface area contributed by atoms with Crippen molar-refractivity contribution in [3.63, 3.8) is 0 Å². The Balaban J connectivity index is 0.00000106. The highest BCUT2D eigenvalue weighted by Crippen LogP contribution is 2.56. The molecule has 2 unspecified atom stereocenters. The molecule has 2 aromatic carbocycles. The molecule has 7 heteroatoms. The van der Waals surface area contributed by atoms with Gasteiger partial charge in [0.05, 0.1) is 17.3 Å². The fraction of sp³-hybridized carbons (Fsp3) is 0.174. The first-order chi connectivity index (χ1) is 14.5. The number of thiophene rings is 1. The normalized spacial score (nSPS) is 21.8. The summed E-state index contributed by atoms with van der Waals surface area (Å²) in [7, 11) is 0. The maximum absolute atomic E-state index is 14.5. The average Bonchev–Trinajstić information content (AvgIpc) is 3.09. The minimum Gasteiger partial charge on any atom is -0.510 e. The zero-order valence-corrected chi connectivity index (χ0v) is 17.1. The Kier molecular flexibility index (Phi) is 5.15. The number of hydrogen-bond donors (Lipinski definition) is 1. The second-order valence-corrected chi connectivity index (χ2v) is 7.52. The summed E-state index contributed by atoms with van der Waals surface area (Å²) in [5.74, 6) is -2.19. The molecule has 5 rings (SSSR count). The quantitative estimate of drug-likeness (QED) is 0.524. The maximum atomic E-state index is 14.5. The third-order valence-electron chi connectivity index (χ3n) is 5.11. The summed E-state index contributed by atoms with van der Waals surface area (Å²) in [6, 6.07) is 11.0. The zero-order chi connectivity index (χ0) is 21.5. The lowest BCUT2D eigenvalue weighted by molar-refractivity contribution is 0.380. The first-order valence-corrected chi connectivity index (χ1v) is 10.5. The van der Waals surface area contributed by atoms with E-state index in [-0.39, 0.29) is 17.3 Å². The number of hydrazone groups is 1. The standard InChI is InChI=1S/C21H13F3N2OS.C2H6/c22-14-3-1-12(2-4-14)20-19(13-7-8-28-11-13)21(10-18(21)27)26(25-20)17-6-5-15(23)9-16(17)24;1-2/h1-11,19,27H;1-2H3. The lowest BCUT2D eigenvalue weighted by Gasteiger charge is -2.28. The van der Waals surface area contributed by atoms with E-state index in [1.54, 1.807) is 18.2 Å². The molecule has 2 heterocycles. The van der Waals surface area contributed by atoms with Crippen molar-refractivity contribution in [2.24, 2.45) is 5.10 Å². The average molecular weight is 428 g/mol. The molecule has 0 radical (unpaired) electrons. The van der Waals surface area contributed by atoms with Gasteiger partial charge >= 0.3 is 0 Å². The molecule has 0 saturated heterocycles. The van der Waals surface area contributed by atoms with Crippen LogP contribution in [0.4, 0.5) is 18.9 Å². The lowest BCUT2D eigenvalue weighted by Crippen LogP contribution is -2.38. The predicted molar refractivity (Wildman–Crippen MR) is 114 cm³/mol. The summed E-state index contributed by atoms with van der Waals surface area (Å²) in [5.41, 5.74) is 1.14. The van der Waals surface area contributed by atoms with E-state index in [0.29, 0.717) is 11.3 Å². The molecule has 0 bridgehead atoms. The van der Waals surface area contributed by atoms with Crippen molar-refractivity contribution in [2.45, 2.75) is 25.3 Å². The Bertz CT molecular complexity index is 1130. The van der Waals surface area contributed by atoms with Gasteiger partial charge in [-0.1, -0.05) is 26.0 Å². The maximum Gasteiger partial charge on any atom is 0.154 e. The van der Waals surface area contributed by atoms with Crippen LogP contribution < -0.4 is 5.01 Å². The Morgan fingerprint density at radius 1 is 1.00 bits per heavy atom. The van der Waals surface area contributed by atoms with E-state index in [1.165, 1.54) is 34.5 Å². The Hall–Kier alpha value is -3.06. The van der Waals surface area contributed by atoms with Gasteiger partial charge in [-0.05, 0) is 58.3 Å². The molecule has 1 spiro atoms. The molecular weight excluding hydrogens is 409 g/mol. The first-order valence-electron chi connectivity index (χ1n) is 9.55. The topological polar surface area (TPSA) is 35.8 Å². The highest BCUT2D eigenvalue weighted by atomic mass is 32.1. The Morgan fingerprint density at radius 2 is 1.67 bits per heavy atom. The summed E-state index contributed by atoms with van der Waals surface area (Å²) in [4.78, 5) is 0. The van der Waals surface area contributed by atoms with Crippen molar-refractivity contribution in [3.05, 3.63) is 99.7 Å². The van der Waals surface area contributed by atoms with Gasteiger partial charge in [0.2, 0.25) is 0 Å². The molecular formula is C23H19F3N2OS. The first kappa shape index (κ1) is 20.2. The van der Waals surface area contributed by atoms with E-state index >= 15 is 0 Å². The molecule has 0 amide bonds. The molecule has 0 saturated carbocycles. The van der Waals surface area contributed by atoms with Gasteiger partial charge in [0.15, 0.2) is 11.4 Å². The van der Waals surface area contributed by atoms with Crippen LogP contribution in [0.25, 0.3) is 0 Å². The molecule has 2 aliphatic rings. The molecule has 0 fully saturated rings. The summed E-state index contributed by atoms with van der Waals surface area (Å²) < 4.78 is 41.4. The molecule has 3 nitrogen and oxygen atoms in total. The largest absolute Gasteiger partial charge is 0.510 e. The van der Waals surface area contributed by atoms with Gasteiger partial charge in [-0.25, -0.2) is 18.2 Å². The number of nitrogens with zero attached hydrogens (tertiary/aromatic N) is 2. The monoisotopic (exact) mass is 428 g/mol. The number of benzene rings is 2. The van der Waals surface area contributed by atoms with E-state index in [1.807, 2.05) is 30.7 Å². The van der Waals surface area contributed by atoms with E-state index in [2.05, 4.69) is 5.10 Å². The summed E-state index contributed by atoms with van der Waals surface area (Å²) in [5, 5.41) is 20.3. The predicted octanol–water partition coefficient (Wildman–Crippen LogP) is 6.39. The molecule has 1 aliphatic heterocycles. The number of hydrogen-bond acceptors (Lipinski definition) is 4. The highest BCUT2D eigenvalue weighted by Gasteiger charge is 2.63. The third kappa shape index (κ3) is 3.10. The van der Waals surface area contributed by atoms with Gasteiger partial charge in [-0.3, -0.25) is 0 Å². The summed E-state index contributed by atoms with van der Waals surface area (Å²) in [6.45, 7) is 4.00. The summed E-state index contributed by atoms with van der Waals surface area (Å²) >= 11 is 1.50. The minimum absolute atomic E-state index is 0.0547. The van der Waals surface area contributed by atoms with Crippen molar-refractivity contribution in [1.82, 2.24) is 0 Å². The molecule has 1 aromatic heterocycles. The van der Waals surface area contributed by atoms with Crippen LogP contribution in [-0.2, 0) is 0 Å².